The summed E-state index contributed by atoms with van der Waals surface area (Å²) in [6, 6.07) is 20.7. The Labute approximate surface area is 202 Å². The second-order valence-corrected chi connectivity index (χ2v) is 7.75. The largest absolute Gasteiger partial charge is 0.545 e. The van der Waals surface area contributed by atoms with Gasteiger partial charge in [-0.05, 0) is 66.7 Å². The Bertz CT molecular complexity index is 1250. The smallest absolute Gasteiger partial charge is 0.281 e. The molecule has 8 heteroatoms. The monoisotopic (exact) mass is 473 g/mol. The van der Waals surface area contributed by atoms with E-state index in [1.54, 1.807) is 48.5 Å². The second-order valence-electron chi connectivity index (χ2n) is 7.37. The highest BCUT2D eigenvalue weighted by atomic mass is 32.1. The van der Waals surface area contributed by atoms with Crippen molar-refractivity contribution in [2.24, 2.45) is 0 Å². The van der Waals surface area contributed by atoms with Gasteiger partial charge in [0.1, 0.15) is 23.8 Å². The summed E-state index contributed by atoms with van der Waals surface area (Å²) in [7, 11) is 0. The van der Waals surface area contributed by atoms with Crippen LogP contribution >= 0.6 is 12.2 Å². The van der Waals surface area contributed by atoms with Crippen LogP contribution in [0.15, 0.2) is 78.5 Å². The lowest BCUT2D eigenvalue weighted by Gasteiger charge is -2.14. The number of anilines is 1. The molecule has 1 saturated heterocycles. The van der Waals surface area contributed by atoms with E-state index in [4.69, 9.17) is 21.7 Å². The number of carboxylic acid groups (broad SMARTS) is 1. The summed E-state index contributed by atoms with van der Waals surface area (Å²) < 4.78 is 11.4. The average molecular weight is 474 g/mol. The normalized spacial score (nSPS) is 14.3. The van der Waals surface area contributed by atoms with Crippen LogP contribution in [0.5, 0.6) is 11.5 Å². The molecule has 3 aromatic rings. The number of carbonyl (C=O) groups is 2. The molecule has 0 bridgehead atoms. The van der Waals surface area contributed by atoms with E-state index < -0.39 is 5.97 Å². The highest BCUT2D eigenvalue weighted by molar-refractivity contribution is 7.80. The number of nitrogens with zero attached hydrogens (tertiary/aromatic N) is 1. The Kier molecular flexibility index (Phi) is 6.89. The number of carbonyl (C=O) groups excluding carboxylic acids is 2. The average Bonchev–Trinajstić information content (AvgIpc) is 3.12. The van der Waals surface area contributed by atoms with Gasteiger partial charge < -0.3 is 24.7 Å². The zero-order chi connectivity index (χ0) is 24.1. The number of amides is 1. The first-order valence-electron chi connectivity index (χ1n) is 10.6. The van der Waals surface area contributed by atoms with Crippen LogP contribution in [0.1, 0.15) is 28.4 Å². The highest BCUT2D eigenvalue weighted by Gasteiger charge is 2.32. The van der Waals surface area contributed by atoms with Crippen molar-refractivity contribution >= 4 is 41.0 Å². The van der Waals surface area contributed by atoms with E-state index in [2.05, 4.69) is 5.32 Å². The SMILES string of the molecule is CCOc1ccc(N2C(=O)C(=Cc3ccccc3OCc3ccc(C(=O)[O-])cc3)NC2=S)cc1. The van der Waals surface area contributed by atoms with Crippen molar-refractivity contribution in [2.75, 3.05) is 11.5 Å². The van der Waals surface area contributed by atoms with E-state index >= 15 is 0 Å². The molecule has 1 aliphatic heterocycles. The molecule has 0 unspecified atom stereocenters. The minimum atomic E-state index is -1.23. The number of hydrogen-bond donors (Lipinski definition) is 1. The van der Waals surface area contributed by atoms with Crippen LogP contribution in [0.4, 0.5) is 5.69 Å². The van der Waals surface area contributed by atoms with Crippen molar-refractivity contribution in [1.29, 1.82) is 0 Å². The fraction of sp³-hybridized carbons (Fsp3) is 0.115. The molecular formula is C26H21N2O5S-. The Morgan fingerprint density at radius 1 is 1.03 bits per heavy atom. The number of para-hydroxylation sites is 1. The van der Waals surface area contributed by atoms with E-state index in [-0.39, 0.29) is 23.2 Å². The van der Waals surface area contributed by atoms with Crippen LogP contribution < -0.4 is 24.8 Å². The van der Waals surface area contributed by atoms with Crippen LogP contribution in [0.2, 0.25) is 0 Å². The van der Waals surface area contributed by atoms with Crippen molar-refractivity contribution in [2.45, 2.75) is 13.5 Å². The van der Waals surface area contributed by atoms with Crippen LogP contribution in [0, 0.1) is 0 Å². The molecule has 1 fully saturated rings. The first kappa shape index (κ1) is 23.0. The third-order valence-corrected chi connectivity index (χ3v) is 5.37. The summed E-state index contributed by atoms with van der Waals surface area (Å²) in [6.45, 7) is 2.69. The van der Waals surface area contributed by atoms with Gasteiger partial charge in [-0.15, -0.1) is 0 Å². The van der Waals surface area contributed by atoms with Gasteiger partial charge >= 0.3 is 0 Å². The summed E-state index contributed by atoms with van der Waals surface area (Å²) in [5.74, 6) is -0.218. The number of benzene rings is 3. The van der Waals surface area contributed by atoms with Crippen LogP contribution in [-0.4, -0.2) is 23.6 Å². The molecule has 1 amide bonds. The third kappa shape index (κ3) is 5.07. The molecule has 0 spiro atoms. The topological polar surface area (TPSA) is 90.9 Å². The number of aromatic carboxylic acids is 1. The molecule has 0 radical (unpaired) electrons. The van der Waals surface area contributed by atoms with Gasteiger partial charge in [0.05, 0.1) is 18.3 Å². The fourth-order valence-electron chi connectivity index (χ4n) is 3.41. The minimum Gasteiger partial charge on any atom is -0.545 e. The minimum absolute atomic E-state index is 0.104. The summed E-state index contributed by atoms with van der Waals surface area (Å²) in [5.41, 5.74) is 2.56. The van der Waals surface area contributed by atoms with Crippen LogP contribution in [-0.2, 0) is 11.4 Å². The molecule has 34 heavy (non-hydrogen) atoms. The molecule has 7 nitrogen and oxygen atoms in total. The van der Waals surface area contributed by atoms with E-state index in [1.807, 2.05) is 25.1 Å². The Balaban J connectivity index is 1.51. The van der Waals surface area contributed by atoms with Crippen molar-refractivity contribution in [3.05, 3.63) is 95.2 Å². The number of rotatable bonds is 8. The molecular weight excluding hydrogens is 452 g/mol. The maximum atomic E-state index is 13.1. The van der Waals surface area contributed by atoms with Gasteiger partial charge in [0.15, 0.2) is 5.11 Å². The van der Waals surface area contributed by atoms with Gasteiger partial charge in [-0.3, -0.25) is 9.69 Å². The van der Waals surface area contributed by atoms with Gasteiger partial charge in [0, 0.05) is 5.56 Å². The maximum Gasteiger partial charge on any atom is 0.281 e. The van der Waals surface area contributed by atoms with E-state index in [1.165, 1.54) is 17.0 Å². The highest BCUT2D eigenvalue weighted by Crippen LogP contribution is 2.27. The third-order valence-electron chi connectivity index (χ3n) is 5.09. The van der Waals surface area contributed by atoms with E-state index in [0.29, 0.717) is 35.1 Å². The maximum absolute atomic E-state index is 13.1. The van der Waals surface area contributed by atoms with E-state index in [9.17, 15) is 14.7 Å². The number of carboxylic acids is 1. The zero-order valence-electron chi connectivity index (χ0n) is 18.3. The van der Waals surface area contributed by atoms with Crippen molar-refractivity contribution in [3.8, 4) is 11.5 Å². The summed E-state index contributed by atoms with van der Waals surface area (Å²) in [5, 5.41) is 14.2. The van der Waals surface area contributed by atoms with Gasteiger partial charge in [0.25, 0.3) is 5.91 Å². The van der Waals surface area contributed by atoms with Crippen molar-refractivity contribution in [3.63, 3.8) is 0 Å². The van der Waals surface area contributed by atoms with Crippen molar-refractivity contribution < 1.29 is 24.2 Å². The predicted octanol–water partition coefficient (Wildman–Crippen LogP) is 3.29. The molecule has 1 N–H and O–H groups in total. The number of ether oxygens (including phenoxy) is 2. The molecule has 0 saturated carbocycles. The van der Waals surface area contributed by atoms with Gasteiger partial charge in [-0.2, -0.15) is 0 Å². The lowest BCUT2D eigenvalue weighted by Crippen LogP contribution is -2.30. The lowest BCUT2D eigenvalue weighted by molar-refractivity contribution is -0.255. The predicted molar refractivity (Wildman–Crippen MR) is 130 cm³/mol. The summed E-state index contributed by atoms with van der Waals surface area (Å²) >= 11 is 5.40. The van der Waals surface area contributed by atoms with E-state index in [0.717, 1.165) is 5.56 Å². The Morgan fingerprint density at radius 2 is 1.74 bits per heavy atom. The standard InChI is InChI=1S/C26H22N2O5S/c1-2-32-21-13-11-20(12-14-21)28-24(29)22(27-26(28)34)15-19-5-3-4-6-23(19)33-16-17-7-9-18(10-8-17)25(30)31/h3-15H,2,16H2,1H3,(H,27,34)(H,30,31)/p-1. The quantitative estimate of drug-likeness (QED) is 0.397. The number of nitrogens with one attached hydrogen (secondary N) is 1. The molecule has 0 aliphatic carbocycles. The molecule has 3 aromatic carbocycles. The first-order valence-corrected chi connectivity index (χ1v) is 11.0. The number of hydrogen-bond acceptors (Lipinski definition) is 6. The van der Waals surface area contributed by atoms with Gasteiger partial charge in [-0.1, -0.05) is 42.5 Å². The summed E-state index contributed by atoms with van der Waals surface area (Å²) in [6.07, 6.45) is 1.69. The molecule has 0 aromatic heterocycles. The molecule has 4 rings (SSSR count). The molecule has 1 aliphatic rings. The molecule has 0 atom stereocenters. The first-order chi connectivity index (χ1) is 16.5. The van der Waals surface area contributed by atoms with Crippen LogP contribution in [0.3, 0.4) is 0 Å². The van der Waals surface area contributed by atoms with Crippen LogP contribution in [0.25, 0.3) is 6.08 Å². The summed E-state index contributed by atoms with van der Waals surface area (Å²) in [4.78, 5) is 25.4. The van der Waals surface area contributed by atoms with Gasteiger partial charge in [-0.25, -0.2) is 0 Å². The van der Waals surface area contributed by atoms with Gasteiger partial charge in [0.2, 0.25) is 0 Å². The second kappa shape index (κ2) is 10.2. The Morgan fingerprint density at radius 3 is 2.41 bits per heavy atom. The number of thiocarbonyl (C=S) groups is 1. The Hall–Kier alpha value is -4.17. The lowest BCUT2D eigenvalue weighted by atomic mass is 10.1. The molecule has 172 valence electrons. The van der Waals surface area contributed by atoms with Crippen molar-refractivity contribution in [1.82, 2.24) is 5.32 Å². The zero-order valence-corrected chi connectivity index (χ0v) is 19.1. The fourth-order valence-corrected chi connectivity index (χ4v) is 3.71. The molecule has 1 heterocycles.